The molecule has 19 heavy (non-hydrogen) atoms. The average Bonchev–Trinajstić information content (AvgIpc) is 2.41. The van der Waals surface area contributed by atoms with Crippen molar-refractivity contribution in [1.29, 1.82) is 0 Å². The molecule has 1 fully saturated rings. The number of thioether (sulfide) groups is 1. The molecule has 1 saturated heterocycles. The predicted molar refractivity (Wildman–Crippen MR) is 79.1 cm³/mol. The summed E-state index contributed by atoms with van der Waals surface area (Å²) in [4.78, 5) is 3.64. The maximum Gasteiger partial charge on any atom is 0.240 e. The zero-order valence-electron chi connectivity index (χ0n) is 11.3. The number of hydrogen-bond donors (Lipinski definition) is 1. The van der Waals surface area contributed by atoms with E-state index in [0.29, 0.717) is 4.90 Å². The molecule has 0 atom stereocenters. The molecule has 0 saturated carbocycles. The lowest BCUT2D eigenvalue weighted by Crippen LogP contribution is -2.43. The highest BCUT2D eigenvalue weighted by Gasteiger charge is 2.23. The highest BCUT2D eigenvalue weighted by molar-refractivity contribution is 7.98. The van der Waals surface area contributed by atoms with Crippen molar-refractivity contribution in [2.75, 3.05) is 26.4 Å². The van der Waals surface area contributed by atoms with Crippen LogP contribution < -0.4 is 4.72 Å². The smallest absolute Gasteiger partial charge is 0.240 e. The molecular formula is C13H20N2O2S2. The molecule has 0 aliphatic carbocycles. The lowest BCUT2D eigenvalue weighted by Gasteiger charge is -2.29. The summed E-state index contributed by atoms with van der Waals surface area (Å²) < 4.78 is 27.3. The van der Waals surface area contributed by atoms with E-state index in [1.54, 1.807) is 23.9 Å². The first-order valence-electron chi connectivity index (χ1n) is 6.36. The summed E-state index contributed by atoms with van der Waals surface area (Å²) in [5.74, 6) is 0. The highest BCUT2D eigenvalue weighted by Crippen LogP contribution is 2.19. The Balaban J connectivity index is 2.05. The SMILES string of the molecule is CSc1ccc(S(=O)(=O)NC2CCN(C)CC2)cc1. The molecule has 1 aliphatic heterocycles. The van der Waals surface area contributed by atoms with Crippen molar-refractivity contribution in [3.63, 3.8) is 0 Å². The molecular weight excluding hydrogens is 280 g/mol. The van der Waals surface area contributed by atoms with Gasteiger partial charge in [-0.3, -0.25) is 0 Å². The quantitative estimate of drug-likeness (QED) is 0.861. The van der Waals surface area contributed by atoms with E-state index < -0.39 is 10.0 Å². The number of sulfonamides is 1. The summed E-state index contributed by atoms with van der Waals surface area (Å²) in [6.07, 6.45) is 3.72. The Hall–Kier alpha value is -0.560. The Morgan fingerprint density at radius 3 is 2.32 bits per heavy atom. The molecule has 1 N–H and O–H groups in total. The van der Waals surface area contributed by atoms with E-state index in [0.717, 1.165) is 30.8 Å². The number of benzene rings is 1. The summed E-state index contributed by atoms with van der Waals surface area (Å²) in [5, 5.41) is 0. The second-order valence-corrected chi connectivity index (χ2v) is 7.47. The standard InChI is InChI=1S/C13H20N2O2S2/c1-15-9-7-11(8-10-15)14-19(16,17)13-5-3-12(18-2)4-6-13/h3-6,11,14H,7-10H2,1-2H3. The second kappa shape index (κ2) is 6.26. The molecule has 0 radical (unpaired) electrons. The Kier molecular flexibility index (Phi) is 4.89. The van der Waals surface area contributed by atoms with Crippen LogP contribution in [0.1, 0.15) is 12.8 Å². The molecule has 1 aromatic rings. The van der Waals surface area contributed by atoms with E-state index in [2.05, 4.69) is 16.7 Å². The van der Waals surface area contributed by atoms with Gasteiger partial charge < -0.3 is 4.90 Å². The third-order valence-corrected chi connectivity index (χ3v) is 5.69. The topological polar surface area (TPSA) is 49.4 Å². The Bertz CT molecular complexity index is 506. The second-order valence-electron chi connectivity index (χ2n) is 4.87. The first-order chi connectivity index (χ1) is 9.01. The van der Waals surface area contributed by atoms with Gasteiger partial charge >= 0.3 is 0 Å². The van der Waals surface area contributed by atoms with Crippen molar-refractivity contribution in [1.82, 2.24) is 9.62 Å². The third kappa shape index (κ3) is 3.95. The molecule has 0 amide bonds. The third-order valence-electron chi connectivity index (χ3n) is 3.41. The normalized spacial score (nSPS) is 18.6. The number of piperidine rings is 1. The summed E-state index contributed by atoms with van der Waals surface area (Å²) in [7, 11) is -1.32. The molecule has 1 aliphatic rings. The van der Waals surface area contributed by atoms with Gasteiger partial charge in [0.05, 0.1) is 4.90 Å². The fourth-order valence-corrected chi connectivity index (χ4v) is 3.88. The lowest BCUT2D eigenvalue weighted by atomic mass is 10.1. The van der Waals surface area contributed by atoms with Crippen molar-refractivity contribution in [3.8, 4) is 0 Å². The molecule has 0 spiro atoms. The largest absolute Gasteiger partial charge is 0.306 e. The molecule has 0 bridgehead atoms. The fourth-order valence-electron chi connectivity index (χ4n) is 2.17. The number of nitrogens with one attached hydrogen (secondary N) is 1. The van der Waals surface area contributed by atoms with Gasteiger partial charge in [-0.25, -0.2) is 13.1 Å². The van der Waals surface area contributed by atoms with E-state index in [4.69, 9.17) is 0 Å². The van der Waals surface area contributed by atoms with Gasteiger partial charge in [0.2, 0.25) is 10.0 Å². The van der Waals surface area contributed by atoms with Crippen LogP contribution in [0.2, 0.25) is 0 Å². The summed E-state index contributed by atoms with van der Waals surface area (Å²) in [6.45, 7) is 1.89. The van der Waals surface area contributed by atoms with E-state index in [1.165, 1.54) is 0 Å². The zero-order valence-corrected chi connectivity index (χ0v) is 12.9. The van der Waals surface area contributed by atoms with E-state index in [1.807, 2.05) is 18.4 Å². The van der Waals surface area contributed by atoms with Crippen LogP contribution in [0.15, 0.2) is 34.1 Å². The first-order valence-corrected chi connectivity index (χ1v) is 9.07. The van der Waals surface area contributed by atoms with Crippen LogP contribution >= 0.6 is 11.8 Å². The van der Waals surface area contributed by atoms with Crippen molar-refractivity contribution < 1.29 is 8.42 Å². The fraction of sp³-hybridized carbons (Fsp3) is 0.538. The number of nitrogens with zero attached hydrogens (tertiary/aromatic N) is 1. The van der Waals surface area contributed by atoms with Crippen LogP contribution in [0.5, 0.6) is 0 Å². The highest BCUT2D eigenvalue weighted by atomic mass is 32.2. The molecule has 6 heteroatoms. The van der Waals surface area contributed by atoms with Crippen molar-refractivity contribution in [3.05, 3.63) is 24.3 Å². The van der Waals surface area contributed by atoms with Crippen molar-refractivity contribution >= 4 is 21.8 Å². The average molecular weight is 300 g/mol. The Labute approximate surface area is 119 Å². The van der Waals surface area contributed by atoms with Gasteiger partial charge in [-0.15, -0.1) is 11.8 Å². The summed E-state index contributed by atoms with van der Waals surface area (Å²) >= 11 is 1.60. The van der Waals surface area contributed by atoms with Gasteiger partial charge in [-0.1, -0.05) is 0 Å². The van der Waals surface area contributed by atoms with Crippen LogP contribution in [0.3, 0.4) is 0 Å². The lowest BCUT2D eigenvalue weighted by molar-refractivity contribution is 0.248. The van der Waals surface area contributed by atoms with E-state index in [-0.39, 0.29) is 6.04 Å². The molecule has 4 nitrogen and oxygen atoms in total. The molecule has 0 aromatic heterocycles. The summed E-state index contributed by atoms with van der Waals surface area (Å²) in [5.41, 5.74) is 0. The van der Waals surface area contributed by atoms with Gasteiger partial charge in [0, 0.05) is 10.9 Å². The molecule has 1 aromatic carbocycles. The van der Waals surface area contributed by atoms with E-state index >= 15 is 0 Å². The maximum atomic E-state index is 12.3. The van der Waals surface area contributed by atoms with Crippen LogP contribution in [-0.2, 0) is 10.0 Å². The number of hydrogen-bond acceptors (Lipinski definition) is 4. The minimum Gasteiger partial charge on any atom is -0.306 e. The van der Waals surface area contributed by atoms with Gasteiger partial charge in [0.25, 0.3) is 0 Å². The molecule has 0 unspecified atom stereocenters. The first kappa shape index (κ1) is 14.8. The molecule has 106 valence electrons. The number of likely N-dealkylation sites (tertiary alicyclic amines) is 1. The Morgan fingerprint density at radius 2 is 1.79 bits per heavy atom. The van der Waals surface area contributed by atoms with Crippen molar-refractivity contribution in [2.24, 2.45) is 0 Å². The molecule has 2 rings (SSSR count). The van der Waals surface area contributed by atoms with Gasteiger partial charge in [-0.2, -0.15) is 0 Å². The van der Waals surface area contributed by atoms with Gasteiger partial charge in [-0.05, 0) is 63.5 Å². The molecule has 1 heterocycles. The zero-order chi connectivity index (χ0) is 13.9. The maximum absolute atomic E-state index is 12.3. The predicted octanol–water partition coefficient (Wildman–Crippen LogP) is 1.78. The Morgan fingerprint density at radius 1 is 1.21 bits per heavy atom. The minimum absolute atomic E-state index is 0.0569. The number of rotatable bonds is 4. The van der Waals surface area contributed by atoms with Crippen LogP contribution in [0.25, 0.3) is 0 Å². The van der Waals surface area contributed by atoms with Crippen molar-refractivity contribution in [2.45, 2.75) is 28.7 Å². The minimum atomic E-state index is -3.38. The monoisotopic (exact) mass is 300 g/mol. The van der Waals surface area contributed by atoms with Gasteiger partial charge in [0.1, 0.15) is 0 Å². The van der Waals surface area contributed by atoms with Crippen LogP contribution in [0, 0.1) is 0 Å². The van der Waals surface area contributed by atoms with E-state index in [9.17, 15) is 8.42 Å². The summed E-state index contributed by atoms with van der Waals surface area (Å²) in [6, 6.07) is 7.08. The van der Waals surface area contributed by atoms with Crippen LogP contribution in [-0.4, -0.2) is 45.8 Å². The van der Waals surface area contributed by atoms with Crippen LogP contribution in [0.4, 0.5) is 0 Å². The van der Waals surface area contributed by atoms with Gasteiger partial charge in [0.15, 0.2) is 0 Å².